The first-order valence-corrected chi connectivity index (χ1v) is 7.10. The number of benzene rings is 2. The van der Waals surface area contributed by atoms with Crippen LogP contribution in [0, 0.1) is 20.8 Å². The molecule has 3 aromatic rings. The summed E-state index contributed by atoms with van der Waals surface area (Å²) in [4.78, 5) is 4.60. The number of aromatic nitrogens is 2. The van der Waals surface area contributed by atoms with Gasteiger partial charge < -0.3 is 5.32 Å². The van der Waals surface area contributed by atoms with Crippen molar-refractivity contribution in [2.45, 2.75) is 20.8 Å². The SMILES string of the molecule is Cc1cn(-c2cccc(C)c2C)c(Nc2ccccc2)n1. The van der Waals surface area contributed by atoms with Crippen molar-refractivity contribution in [3.8, 4) is 5.69 Å². The molecule has 3 nitrogen and oxygen atoms in total. The highest BCUT2D eigenvalue weighted by molar-refractivity contribution is 5.58. The van der Waals surface area contributed by atoms with E-state index < -0.39 is 0 Å². The van der Waals surface area contributed by atoms with Gasteiger partial charge in [-0.1, -0.05) is 30.3 Å². The van der Waals surface area contributed by atoms with Crippen LogP contribution in [0.15, 0.2) is 54.7 Å². The van der Waals surface area contributed by atoms with E-state index in [0.717, 1.165) is 23.0 Å². The first-order chi connectivity index (χ1) is 10.1. The Balaban J connectivity index is 2.06. The third-order valence-electron chi connectivity index (χ3n) is 3.69. The zero-order valence-electron chi connectivity index (χ0n) is 12.6. The van der Waals surface area contributed by atoms with Crippen molar-refractivity contribution in [2.75, 3.05) is 5.32 Å². The molecule has 2 aromatic carbocycles. The number of nitrogens with zero attached hydrogens (tertiary/aromatic N) is 2. The van der Waals surface area contributed by atoms with Crippen LogP contribution in [0.2, 0.25) is 0 Å². The van der Waals surface area contributed by atoms with Gasteiger partial charge in [0.15, 0.2) is 0 Å². The second-order valence-corrected chi connectivity index (χ2v) is 5.29. The summed E-state index contributed by atoms with van der Waals surface area (Å²) in [5, 5.41) is 3.39. The number of hydrogen-bond donors (Lipinski definition) is 1. The fraction of sp³-hybridized carbons (Fsp3) is 0.167. The maximum atomic E-state index is 4.60. The van der Waals surface area contributed by atoms with Crippen molar-refractivity contribution in [1.82, 2.24) is 9.55 Å². The van der Waals surface area contributed by atoms with Crippen LogP contribution in [0.25, 0.3) is 5.69 Å². The van der Waals surface area contributed by atoms with Crippen LogP contribution in [-0.2, 0) is 0 Å². The lowest BCUT2D eigenvalue weighted by Gasteiger charge is -2.13. The maximum Gasteiger partial charge on any atom is 0.212 e. The second-order valence-electron chi connectivity index (χ2n) is 5.29. The molecule has 106 valence electrons. The third kappa shape index (κ3) is 2.68. The summed E-state index contributed by atoms with van der Waals surface area (Å²) in [5.74, 6) is 0.840. The number of nitrogens with one attached hydrogen (secondary N) is 1. The Kier molecular flexibility index (Phi) is 3.48. The molecule has 1 heterocycles. The summed E-state index contributed by atoms with van der Waals surface area (Å²) in [7, 11) is 0. The van der Waals surface area contributed by atoms with Crippen LogP contribution >= 0.6 is 0 Å². The molecule has 0 saturated carbocycles. The molecule has 3 rings (SSSR count). The number of para-hydroxylation sites is 1. The van der Waals surface area contributed by atoms with E-state index in [1.54, 1.807) is 0 Å². The molecule has 0 atom stereocenters. The Labute approximate surface area is 125 Å². The summed E-state index contributed by atoms with van der Waals surface area (Å²) in [6.07, 6.45) is 2.06. The Hall–Kier alpha value is -2.55. The largest absolute Gasteiger partial charge is 0.325 e. The summed E-state index contributed by atoms with van der Waals surface area (Å²) in [6, 6.07) is 16.5. The molecule has 0 unspecified atom stereocenters. The third-order valence-corrected chi connectivity index (χ3v) is 3.69. The minimum Gasteiger partial charge on any atom is -0.325 e. The van der Waals surface area contributed by atoms with E-state index in [-0.39, 0.29) is 0 Å². The zero-order valence-corrected chi connectivity index (χ0v) is 12.6. The predicted molar refractivity (Wildman–Crippen MR) is 87.5 cm³/mol. The molecule has 0 fully saturated rings. The number of rotatable bonds is 3. The minimum atomic E-state index is 0.840. The molecule has 1 aromatic heterocycles. The Bertz CT molecular complexity index is 757. The lowest BCUT2D eigenvalue weighted by Crippen LogP contribution is -2.03. The van der Waals surface area contributed by atoms with Crippen LogP contribution in [0.3, 0.4) is 0 Å². The average molecular weight is 277 g/mol. The first-order valence-electron chi connectivity index (χ1n) is 7.10. The Morgan fingerprint density at radius 1 is 0.905 bits per heavy atom. The molecule has 0 radical (unpaired) electrons. The van der Waals surface area contributed by atoms with Gasteiger partial charge in [-0.25, -0.2) is 4.98 Å². The number of imidazole rings is 1. The van der Waals surface area contributed by atoms with E-state index in [2.05, 4.69) is 53.1 Å². The smallest absolute Gasteiger partial charge is 0.212 e. The molecule has 21 heavy (non-hydrogen) atoms. The van der Waals surface area contributed by atoms with Gasteiger partial charge in [-0.15, -0.1) is 0 Å². The minimum absolute atomic E-state index is 0.840. The number of hydrogen-bond acceptors (Lipinski definition) is 2. The van der Waals surface area contributed by atoms with Gasteiger partial charge in [0.2, 0.25) is 5.95 Å². The highest BCUT2D eigenvalue weighted by Gasteiger charge is 2.10. The molecule has 0 spiro atoms. The van der Waals surface area contributed by atoms with Crippen LogP contribution in [0.4, 0.5) is 11.6 Å². The van der Waals surface area contributed by atoms with Gasteiger partial charge in [0.1, 0.15) is 0 Å². The number of aryl methyl sites for hydroxylation is 2. The monoisotopic (exact) mass is 277 g/mol. The highest BCUT2D eigenvalue weighted by Crippen LogP contribution is 2.24. The quantitative estimate of drug-likeness (QED) is 0.761. The lowest BCUT2D eigenvalue weighted by atomic mass is 10.1. The van der Waals surface area contributed by atoms with E-state index >= 15 is 0 Å². The van der Waals surface area contributed by atoms with Gasteiger partial charge in [-0.3, -0.25) is 4.57 Å². The molecule has 0 bridgehead atoms. The molecule has 0 amide bonds. The van der Waals surface area contributed by atoms with E-state index in [9.17, 15) is 0 Å². The van der Waals surface area contributed by atoms with Gasteiger partial charge in [0.05, 0.1) is 11.4 Å². The highest BCUT2D eigenvalue weighted by atomic mass is 15.2. The molecule has 3 heteroatoms. The molecular formula is C18H19N3. The van der Waals surface area contributed by atoms with Crippen molar-refractivity contribution >= 4 is 11.6 Å². The molecule has 0 aliphatic heterocycles. The van der Waals surface area contributed by atoms with E-state index in [4.69, 9.17) is 0 Å². The summed E-state index contributed by atoms with van der Waals surface area (Å²) in [5.41, 5.74) is 5.74. The van der Waals surface area contributed by atoms with Crippen molar-refractivity contribution in [3.63, 3.8) is 0 Å². The normalized spacial score (nSPS) is 10.6. The van der Waals surface area contributed by atoms with Gasteiger partial charge in [0, 0.05) is 11.9 Å². The summed E-state index contributed by atoms with van der Waals surface area (Å²) >= 11 is 0. The van der Waals surface area contributed by atoms with E-state index in [0.29, 0.717) is 0 Å². The molecule has 1 N–H and O–H groups in total. The van der Waals surface area contributed by atoms with Crippen molar-refractivity contribution in [1.29, 1.82) is 0 Å². The Morgan fingerprint density at radius 2 is 1.67 bits per heavy atom. The topological polar surface area (TPSA) is 29.9 Å². The van der Waals surface area contributed by atoms with Crippen LogP contribution in [0.5, 0.6) is 0 Å². The van der Waals surface area contributed by atoms with Gasteiger partial charge >= 0.3 is 0 Å². The van der Waals surface area contributed by atoms with Gasteiger partial charge in [-0.05, 0) is 50.1 Å². The van der Waals surface area contributed by atoms with Crippen molar-refractivity contribution in [2.24, 2.45) is 0 Å². The standard InChI is InChI=1S/C18H19N3/c1-13-8-7-11-17(15(13)3)21-12-14(2)19-18(21)20-16-9-5-4-6-10-16/h4-12H,1-3H3,(H,19,20). The van der Waals surface area contributed by atoms with Gasteiger partial charge in [0.25, 0.3) is 0 Å². The fourth-order valence-corrected chi connectivity index (χ4v) is 2.42. The van der Waals surface area contributed by atoms with Crippen LogP contribution in [0.1, 0.15) is 16.8 Å². The molecule has 0 aliphatic carbocycles. The van der Waals surface area contributed by atoms with Crippen molar-refractivity contribution in [3.05, 3.63) is 71.5 Å². The lowest BCUT2D eigenvalue weighted by molar-refractivity contribution is 1.04. The summed E-state index contributed by atoms with van der Waals surface area (Å²) < 4.78 is 2.12. The average Bonchev–Trinajstić information content (AvgIpc) is 2.83. The van der Waals surface area contributed by atoms with Crippen molar-refractivity contribution < 1.29 is 0 Å². The maximum absolute atomic E-state index is 4.60. The van der Waals surface area contributed by atoms with E-state index in [1.807, 2.05) is 37.3 Å². The zero-order chi connectivity index (χ0) is 14.8. The molecule has 0 saturated heterocycles. The van der Waals surface area contributed by atoms with Gasteiger partial charge in [-0.2, -0.15) is 0 Å². The second kappa shape index (κ2) is 5.44. The summed E-state index contributed by atoms with van der Waals surface area (Å²) in [6.45, 7) is 6.29. The first kappa shape index (κ1) is 13.4. The Morgan fingerprint density at radius 3 is 2.43 bits per heavy atom. The fourth-order valence-electron chi connectivity index (χ4n) is 2.42. The van der Waals surface area contributed by atoms with Crippen LogP contribution in [-0.4, -0.2) is 9.55 Å². The van der Waals surface area contributed by atoms with Crippen LogP contribution < -0.4 is 5.32 Å². The molecular weight excluding hydrogens is 258 g/mol. The number of anilines is 2. The molecule has 0 aliphatic rings. The predicted octanol–water partition coefficient (Wildman–Crippen LogP) is 4.54. The van der Waals surface area contributed by atoms with E-state index in [1.165, 1.54) is 11.1 Å².